The summed E-state index contributed by atoms with van der Waals surface area (Å²) in [7, 11) is 0.00738. The molecule has 7 heteroatoms. The number of aromatic nitrogens is 3. The molecule has 1 unspecified atom stereocenters. The van der Waals surface area contributed by atoms with Gasteiger partial charge < -0.3 is 9.47 Å². The van der Waals surface area contributed by atoms with Gasteiger partial charge >= 0.3 is 0 Å². The van der Waals surface area contributed by atoms with E-state index in [1.165, 1.54) is 0 Å². The molecule has 1 saturated heterocycles. The molecule has 2 aromatic heterocycles. The molecule has 4 rings (SSSR count). The van der Waals surface area contributed by atoms with Crippen LogP contribution in [-0.2, 0) is 16.6 Å². The number of anilines is 1. The number of hydrogen-bond acceptors (Lipinski definition) is 4. The Labute approximate surface area is 165 Å². The van der Waals surface area contributed by atoms with Crippen molar-refractivity contribution in [2.24, 2.45) is 7.05 Å². The van der Waals surface area contributed by atoms with Gasteiger partial charge in [0.25, 0.3) is 0 Å². The second-order valence-corrected chi connectivity index (χ2v) is 10.5. The molecule has 3 heterocycles. The van der Waals surface area contributed by atoms with Crippen LogP contribution >= 0.6 is 11.6 Å². The number of benzene rings is 1. The van der Waals surface area contributed by atoms with E-state index in [-0.39, 0.29) is 5.25 Å². The van der Waals surface area contributed by atoms with Gasteiger partial charge in [-0.2, -0.15) is 0 Å². The van der Waals surface area contributed by atoms with Gasteiger partial charge in [-0.05, 0) is 46.4 Å². The number of pyridine rings is 1. The van der Waals surface area contributed by atoms with E-state index in [1.807, 2.05) is 37.4 Å². The highest BCUT2D eigenvalue weighted by Crippen LogP contribution is 2.32. The van der Waals surface area contributed by atoms with Gasteiger partial charge in [0.05, 0.1) is 16.1 Å². The van der Waals surface area contributed by atoms with Crippen LogP contribution in [0.15, 0.2) is 36.5 Å². The van der Waals surface area contributed by atoms with Crippen molar-refractivity contribution in [3.8, 4) is 11.4 Å². The lowest BCUT2D eigenvalue weighted by molar-refractivity contribution is 0.567. The molecule has 0 bridgehead atoms. The molecule has 5 nitrogen and oxygen atoms in total. The Hall–Kier alpha value is -2.05. The van der Waals surface area contributed by atoms with Gasteiger partial charge in [0.15, 0.2) is 0 Å². The predicted octanol–water partition coefficient (Wildman–Crippen LogP) is 3.60. The summed E-state index contributed by atoms with van der Waals surface area (Å²) in [6, 6.07) is 10.1. The number of fused-ring (bicyclic) bond motifs is 1. The normalized spacial score (nSPS) is 18.0. The molecule has 0 radical (unpaired) electrons. The number of para-hydroxylation sites is 2. The highest BCUT2D eigenvalue weighted by Gasteiger charge is 2.25. The van der Waals surface area contributed by atoms with Crippen LogP contribution in [0.1, 0.15) is 12.8 Å². The Bertz CT molecular complexity index is 1100. The van der Waals surface area contributed by atoms with Crippen molar-refractivity contribution in [1.82, 2.24) is 14.5 Å². The van der Waals surface area contributed by atoms with Crippen molar-refractivity contribution >= 4 is 43.8 Å². The van der Waals surface area contributed by atoms with E-state index in [1.54, 1.807) is 12.5 Å². The molecule has 3 aromatic rings. The van der Waals surface area contributed by atoms with Crippen LogP contribution in [0.5, 0.6) is 0 Å². The monoisotopic (exact) mass is 402 g/mol. The van der Waals surface area contributed by atoms with Crippen LogP contribution in [0.25, 0.3) is 22.4 Å². The van der Waals surface area contributed by atoms with Crippen LogP contribution in [0.4, 0.5) is 5.82 Å². The van der Waals surface area contributed by atoms with Crippen LogP contribution in [0.3, 0.4) is 0 Å². The molecule has 1 aliphatic heterocycles. The van der Waals surface area contributed by atoms with E-state index < -0.39 is 9.52 Å². The first kappa shape index (κ1) is 18.3. The summed E-state index contributed by atoms with van der Waals surface area (Å²) in [4.78, 5) is 11.5. The average molecular weight is 403 g/mol. The number of nitrogens with zero attached hydrogens (tertiary/aromatic N) is 4. The van der Waals surface area contributed by atoms with E-state index in [0.717, 1.165) is 54.2 Å². The minimum atomic E-state index is -1.99. The van der Waals surface area contributed by atoms with E-state index in [0.29, 0.717) is 5.02 Å². The fourth-order valence-electron chi connectivity index (χ4n) is 3.74. The second kappa shape index (κ2) is 6.84. The molecular formula is C20H23ClN4OS. The minimum absolute atomic E-state index is 0.181. The fraction of sp³-hybridized carbons (Fsp3) is 0.350. The van der Waals surface area contributed by atoms with Gasteiger partial charge in [-0.1, -0.05) is 23.7 Å². The summed E-state index contributed by atoms with van der Waals surface area (Å²) in [5.74, 6) is 5.56. The summed E-state index contributed by atoms with van der Waals surface area (Å²) in [6.07, 6.45) is 5.19. The van der Waals surface area contributed by atoms with E-state index in [2.05, 4.69) is 20.3 Å². The predicted molar refractivity (Wildman–Crippen MR) is 115 cm³/mol. The maximum absolute atomic E-state index is 12.2. The Kier molecular flexibility index (Phi) is 4.64. The van der Waals surface area contributed by atoms with E-state index >= 15 is 0 Å². The number of rotatable bonds is 3. The van der Waals surface area contributed by atoms with Crippen molar-refractivity contribution in [1.29, 1.82) is 0 Å². The summed E-state index contributed by atoms with van der Waals surface area (Å²) >= 11 is 6.47. The lowest BCUT2D eigenvalue weighted by Crippen LogP contribution is -2.39. The molecule has 1 aliphatic rings. The zero-order chi connectivity index (χ0) is 19.2. The number of halogens is 1. The van der Waals surface area contributed by atoms with Crippen molar-refractivity contribution in [3.63, 3.8) is 0 Å². The first-order chi connectivity index (χ1) is 12.8. The topological polar surface area (TPSA) is 51.0 Å². The van der Waals surface area contributed by atoms with Gasteiger partial charge in [0, 0.05) is 43.4 Å². The molecule has 27 heavy (non-hydrogen) atoms. The van der Waals surface area contributed by atoms with Crippen molar-refractivity contribution in [3.05, 3.63) is 41.6 Å². The van der Waals surface area contributed by atoms with E-state index in [4.69, 9.17) is 16.6 Å². The SMILES string of the molecule is C=S(C)(=O)C1CCN(c2cc(-c3nc4ccccc4n3C)c(Cl)cn2)CC1. The maximum atomic E-state index is 12.2. The molecule has 1 fully saturated rings. The number of piperidine rings is 1. The van der Waals surface area contributed by atoms with Crippen LogP contribution < -0.4 is 4.90 Å². The zero-order valence-corrected chi connectivity index (χ0v) is 17.1. The van der Waals surface area contributed by atoms with Crippen LogP contribution in [-0.4, -0.2) is 49.2 Å². The van der Waals surface area contributed by atoms with Crippen LogP contribution in [0.2, 0.25) is 5.02 Å². The van der Waals surface area contributed by atoms with Gasteiger partial charge in [0.2, 0.25) is 0 Å². The Morgan fingerprint density at radius 1 is 1.26 bits per heavy atom. The molecular weight excluding hydrogens is 380 g/mol. The summed E-state index contributed by atoms with van der Waals surface area (Å²) in [6.45, 7) is 1.64. The number of aryl methyl sites for hydroxylation is 1. The molecule has 0 N–H and O–H groups in total. The maximum Gasteiger partial charge on any atom is 0.142 e. The smallest absolute Gasteiger partial charge is 0.142 e. The third-order valence-electron chi connectivity index (χ3n) is 5.34. The van der Waals surface area contributed by atoms with Gasteiger partial charge in [0.1, 0.15) is 11.6 Å². The van der Waals surface area contributed by atoms with Gasteiger partial charge in [-0.3, -0.25) is 4.21 Å². The molecule has 142 valence electrons. The van der Waals surface area contributed by atoms with Crippen molar-refractivity contribution < 1.29 is 4.21 Å². The third-order valence-corrected chi connectivity index (χ3v) is 7.52. The minimum Gasteiger partial charge on any atom is -0.357 e. The van der Waals surface area contributed by atoms with Gasteiger partial charge in [-0.25, -0.2) is 9.97 Å². The lowest BCUT2D eigenvalue weighted by Gasteiger charge is -2.33. The molecule has 0 spiro atoms. The van der Waals surface area contributed by atoms with Gasteiger partial charge in [-0.15, -0.1) is 0 Å². The van der Waals surface area contributed by atoms with Crippen molar-refractivity contribution in [2.45, 2.75) is 18.1 Å². The molecule has 0 amide bonds. The highest BCUT2D eigenvalue weighted by molar-refractivity contribution is 8.00. The third kappa shape index (κ3) is 3.44. The van der Waals surface area contributed by atoms with Crippen LogP contribution in [0, 0.1) is 0 Å². The second-order valence-electron chi connectivity index (χ2n) is 7.26. The molecule has 0 aliphatic carbocycles. The summed E-state index contributed by atoms with van der Waals surface area (Å²) < 4.78 is 14.3. The molecule has 1 aromatic carbocycles. The van der Waals surface area contributed by atoms with Crippen molar-refractivity contribution in [2.75, 3.05) is 24.2 Å². The highest BCUT2D eigenvalue weighted by atomic mass is 35.5. The average Bonchev–Trinajstić information content (AvgIpc) is 2.98. The number of imidazole rings is 1. The Balaban J connectivity index is 1.67. The molecule has 1 atom stereocenters. The standard InChI is InChI=1S/C20H23ClN4OS/c1-24-18-7-5-4-6-17(18)23-20(24)15-12-19(22-13-16(15)21)25-10-8-14(9-11-25)27(2,3)26/h4-7,12-14H,2,8-11H2,1,3H3. The largest absolute Gasteiger partial charge is 0.357 e. The first-order valence-electron chi connectivity index (χ1n) is 8.98. The van der Waals surface area contributed by atoms with E-state index in [9.17, 15) is 4.21 Å². The quantitative estimate of drug-likeness (QED) is 0.628. The first-order valence-corrected chi connectivity index (χ1v) is 11.6. The zero-order valence-electron chi connectivity index (χ0n) is 15.6. The Morgan fingerprint density at radius 2 is 1.96 bits per heavy atom. The summed E-state index contributed by atoms with van der Waals surface area (Å²) in [5.41, 5.74) is 2.88. The molecule has 0 saturated carbocycles. The lowest BCUT2D eigenvalue weighted by atomic mass is 10.1. The number of hydrogen-bond donors (Lipinski definition) is 0. The summed E-state index contributed by atoms with van der Waals surface area (Å²) in [5, 5.41) is 0.765. The Morgan fingerprint density at radius 3 is 2.63 bits per heavy atom. The fourth-order valence-corrected chi connectivity index (χ4v) is 5.14.